The van der Waals surface area contributed by atoms with E-state index in [0.717, 1.165) is 16.6 Å². The van der Waals surface area contributed by atoms with Crippen LogP contribution in [0.25, 0.3) is 10.8 Å². The molecule has 0 atom stereocenters. The summed E-state index contributed by atoms with van der Waals surface area (Å²) in [5, 5.41) is 5.14. The van der Waals surface area contributed by atoms with Crippen molar-refractivity contribution in [2.24, 2.45) is 0 Å². The molecular weight excluding hydrogens is 402 g/mol. The van der Waals surface area contributed by atoms with Crippen LogP contribution in [0, 0.1) is 6.92 Å². The molecule has 7 heteroatoms. The molecule has 1 aromatic heterocycles. The predicted octanol–water partition coefficient (Wildman–Crippen LogP) is 5.21. The zero-order chi connectivity index (χ0) is 21.8. The van der Waals surface area contributed by atoms with Gasteiger partial charge in [0.1, 0.15) is 5.82 Å². The number of methoxy groups -OCH3 is 1. The Morgan fingerprint density at radius 3 is 2.47 bits per heavy atom. The molecule has 1 amide bonds. The number of benzene rings is 2. The van der Waals surface area contributed by atoms with E-state index in [4.69, 9.17) is 16.3 Å². The molecule has 1 heterocycles. The van der Waals surface area contributed by atoms with Crippen LogP contribution < -0.4 is 5.32 Å². The molecule has 3 aromatic rings. The highest BCUT2D eigenvalue weighted by Crippen LogP contribution is 2.33. The third-order valence-corrected chi connectivity index (χ3v) is 5.45. The summed E-state index contributed by atoms with van der Waals surface area (Å²) in [6.45, 7) is 6.90. The fourth-order valence-electron chi connectivity index (χ4n) is 3.43. The van der Waals surface area contributed by atoms with Crippen molar-refractivity contribution in [3.63, 3.8) is 0 Å². The molecule has 0 aliphatic rings. The molecule has 30 heavy (non-hydrogen) atoms. The molecule has 6 nitrogen and oxygen atoms in total. The summed E-state index contributed by atoms with van der Waals surface area (Å²) in [5.41, 5.74) is 2.39. The summed E-state index contributed by atoms with van der Waals surface area (Å²) < 4.78 is 4.85. The number of nitrogens with zero attached hydrogens (tertiary/aromatic N) is 2. The highest BCUT2D eigenvalue weighted by Gasteiger charge is 2.20. The minimum absolute atomic E-state index is 0.110. The number of hydrogen-bond acceptors (Lipinski definition) is 5. The molecule has 2 aromatic carbocycles. The number of carbonyl (C=O) groups excluding carboxylic acids is 2. The van der Waals surface area contributed by atoms with Crippen molar-refractivity contribution in [3.8, 4) is 0 Å². The molecule has 156 valence electrons. The van der Waals surface area contributed by atoms with E-state index in [1.807, 2.05) is 39.0 Å². The van der Waals surface area contributed by atoms with Gasteiger partial charge in [0, 0.05) is 40.8 Å². The van der Waals surface area contributed by atoms with Crippen LogP contribution in [0.1, 0.15) is 40.1 Å². The number of esters is 1. The second-order valence-corrected chi connectivity index (χ2v) is 7.16. The minimum atomic E-state index is -0.405. The van der Waals surface area contributed by atoms with E-state index >= 15 is 0 Å². The fourth-order valence-corrected chi connectivity index (χ4v) is 3.71. The molecular formula is C23H24ClN3O3. The summed E-state index contributed by atoms with van der Waals surface area (Å²) in [6.07, 6.45) is 1.55. The average Bonchev–Trinajstić information content (AvgIpc) is 2.76. The predicted molar refractivity (Wildman–Crippen MR) is 120 cm³/mol. The lowest BCUT2D eigenvalue weighted by Gasteiger charge is -2.21. The monoisotopic (exact) mass is 425 g/mol. The lowest BCUT2D eigenvalue weighted by molar-refractivity contribution is 0.0599. The van der Waals surface area contributed by atoms with Crippen molar-refractivity contribution in [1.82, 2.24) is 9.88 Å². The van der Waals surface area contributed by atoms with Crippen LogP contribution in [-0.2, 0) is 4.74 Å². The van der Waals surface area contributed by atoms with Crippen LogP contribution in [0.5, 0.6) is 0 Å². The first kappa shape index (κ1) is 21.6. The van der Waals surface area contributed by atoms with Crippen molar-refractivity contribution in [2.75, 3.05) is 25.5 Å². The van der Waals surface area contributed by atoms with E-state index in [9.17, 15) is 9.59 Å². The Kier molecular flexibility index (Phi) is 6.57. The number of nitrogens with one attached hydrogen (secondary N) is 1. The molecule has 0 unspecified atom stereocenters. The summed E-state index contributed by atoms with van der Waals surface area (Å²) in [5.74, 6) is 0.0342. The van der Waals surface area contributed by atoms with Crippen LogP contribution in [-0.4, -0.2) is 42.0 Å². The molecule has 3 rings (SSSR count). The molecule has 0 spiro atoms. The molecule has 0 radical (unpaired) electrons. The number of carbonyl (C=O) groups is 2. The Balaban J connectivity index is 2.12. The number of halogens is 1. The van der Waals surface area contributed by atoms with Gasteiger partial charge in [0.2, 0.25) is 0 Å². The third kappa shape index (κ3) is 3.96. The topological polar surface area (TPSA) is 71.5 Å². The van der Waals surface area contributed by atoms with Gasteiger partial charge in [0.15, 0.2) is 0 Å². The number of rotatable bonds is 6. The van der Waals surface area contributed by atoms with Crippen LogP contribution >= 0.6 is 11.6 Å². The van der Waals surface area contributed by atoms with Crippen LogP contribution in [0.2, 0.25) is 5.02 Å². The Hall–Kier alpha value is -3.12. The summed E-state index contributed by atoms with van der Waals surface area (Å²) in [6, 6.07) is 10.8. The Labute approximate surface area is 180 Å². The van der Waals surface area contributed by atoms with Crippen molar-refractivity contribution >= 4 is 45.8 Å². The Bertz CT molecular complexity index is 1110. The second-order valence-electron chi connectivity index (χ2n) is 6.76. The first-order valence-corrected chi connectivity index (χ1v) is 10.1. The van der Waals surface area contributed by atoms with Gasteiger partial charge in [0.05, 0.1) is 18.2 Å². The molecule has 0 fully saturated rings. The van der Waals surface area contributed by atoms with Gasteiger partial charge in [-0.15, -0.1) is 0 Å². The van der Waals surface area contributed by atoms with Gasteiger partial charge in [-0.25, -0.2) is 9.78 Å². The normalized spacial score (nSPS) is 10.7. The quantitative estimate of drug-likeness (QED) is 0.549. The van der Waals surface area contributed by atoms with Gasteiger partial charge in [-0.1, -0.05) is 29.8 Å². The molecule has 1 N–H and O–H groups in total. The number of fused-ring (bicyclic) bond motifs is 1. The van der Waals surface area contributed by atoms with Gasteiger partial charge >= 0.3 is 5.97 Å². The largest absolute Gasteiger partial charge is 0.465 e. The molecule has 0 saturated carbocycles. The van der Waals surface area contributed by atoms with Crippen LogP contribution in [0.15, 0.2) is 42.6 Å². The van der Waals surface area contributed by atoms with E-state index in [-0.39, 0.29) is 5.91 Å². The van der Waals surface area contributed by atoms with Gasteiger partial charge in [0.25, 0.3) is 5.91 Å². The van der Waals surface area contributed by atoms with Crippen LogP contribution in [0.4, 0.5) is 11.5 Å². The smallest absolute Gasteiger partial charge is 0.338 e. The zero-order valence-corrected chi connectivity index (χ0v) is 18.2. The summed E-state index contributed by atoms with van der Waals surface area (Å²) in [7, 11) is 1.35. The number of hydrogen-bond donors (Lipinski definition) is 1. The first-order chi connectivity index (χ1) is 14.4. The highest BCUT2D eigenvalue weighted by atomic mass is 35.5. The number of anilines is 2. The van der Waals surface area contributed by atoms with Crippen molar-refractivity contribution in [1.29, 1.82) is 0 Å². The standard InChI is InChI=1S/C23H24ClN3O3/c1-5-27(6-2)22(28)17-13-25-21(16-10-7-11-18(24)20(16)17)26-19-12-8-9-15(14(19)3)23(29)30-4/h7-13H,5-6H2,1-4H3,(H,25,26). The lowest BCUT2D eigenvalue weighted by Crippen LogP contribution is -2.30. The van der Waals surface area contributed by atoms with E-state index in [1.165, 1.54) is 7.11 Å². The first-order valence-electron chi connectivity index (χ1n) is 9.74. The summed E-state index contributed by atoms with van der Waals surface area (Å²) >= 11 is 6.50. The zero-order valence-electron chi connectivity index (χ0n) is 17.5. The van der Waals surface area contributed by atoms with E-state index in [2.05, 4.69) is 10.3 Å². The molecule has 0 saturated heterocycles. The molecule has 0 aliphatic carbocycles. The average molecular weight is 426 g/mol. The van der Waals surface area contributed by atoms with E-state index < -0.39 is 5.97 Å². The molecule has 0 bridgehead atoms. The van der Waals surface area contributed by atoms with Crippen molar-refractivity contribution in [3.05, 3.63) is 64.3 Å². The third-order valence-electron chi connectivity index (χ3n) is 5.13. The maximum atomic E-state index is 13.0. The van der Waals surface area contributed by atoms with Gasteiger partial charge in [-0.2, -0.15) is 0 Å². The van der Waals surface area contributed by atoms with Gasteiger partial charge in [-0.3, -0.25) is 4.79 Å². The fraction of sp³-hybridized carbons (Fsp3) is 0.261. The van der Waals surface area contributed by atoms with E-state index in [0.29, 0.717) is 40.4 Å². The highest BCUT2D eigenvalue weighted by molar-refractivity contribution is 6.37. The maximum Gasteiger partial charge on any atom is 0.338 e. The Morgan fingerprint density at radius 2 is 1.80 bits per heavy atom. The second kappa shape index (κ2) is 9.13. The van der Waals surface area contributed by atoms with Crippen molar-refractivity contribution < 1.29 is 14.3 Å². The number of pyridine rings is 1. The van der Waals surface area contributed by atoms with E-state index in [1.54, 1.807) is 29.3 Å². The minimum Gasteiger partial charge on any atom is -0.465 e. The maximum absolute atomic E-state index is 13.0. The van der Waals surface area contributed by atoms with Gasteiger partial charge in [-0.05, 0) is 44.5 Å². The lowest BCUT2D eigenvalue weighted by atomic mass is 10.0. The SMILES string of the molecule is CCN(CC)C(=O)c1cnc(Nc2cccc(C(=O)OC)c2C)c2cccc(Cl)c12. The Morgan fingerprint density at radius 1 is 1.10 bits per heavy atom. The summed E-state index contributed by atoms with van der Waals surface area (Å²) in [4.78, 5) is 31.3. The van der Waals surface area contributed by atoms with Crippen molar-refractivity contribution in [2.45, 2.75) is 20.8 Å². The molecule has 0 aliphatic heterocycles. The number of amides is 1. The number of ether oxygens (including phenoxy) is 1. The number of aromatic nitrogens is 1. The van der Waals surface area contributed by atoms with Gasteiger partial charge < -0.3 is 15.0 Å². The van der Waals surface area contributed by atoms with Crippen LogP contribution in [0.3, 0.4) is 0 Å².